The summed E-state index contributed by atoms with van der Waals surface area (Å²) < 4.78 is 34.0. The highest BCUT2D eigenvalue weighted by Crippen LogP contribution is 2.29. The number of hydrogen-bond donors (Lipinski definition) is 2. The van der Waals surface area contributed by atoms with Gasteiger partial charge in [0.25, 0.3) is 5.91 Å². The maximum Gasteiger partial charge on any atom is 0.260 e. The molecule has 0 radical (unpaired) electrons. The number of carbonyl (C=O) groups excluding carboxylic acids is 1. The number of nitriles is 1. The van der Waals surface area contributed by atoms with Crippen molar-refractivity contribution >= 4 is 27.3 Å². The van der Waals surface area contributed by atoms with Gasteiger partial charge in [-0.1, -0.05) is 13.0 Å². The number of rotatable bonds is 7. The maximum atomic E-state index is 13.0. The first-order valence-electron chi connectivity index (χ1n) is 9.35. The van der Waals surface area contributed by atoms with Crippen molar-refractivity contribution < 1.29 is 17.6 Å². The predicted molar refractivity (Wildman–Crippen MR) is 114 cm³/mol. The summed E-state index contributed by atoms with van der Waals surface area (Å²) in [5.41, 5.74) is 1.65. The van der Waals surface area contributed by atoms with Gasteiger partial charge in [0.1, 0.15) is 23.0 Å². The van der Waals surface area contributed by atoms with Gasteiger partial charge in [0, 0.05) is 18.1 Å². The normalized spacial score (nSPS) is 11.1. The second-order valence-electron chi connectivity index (χ2n) is 6.77. The van der Waals surface area contributed by atoms with Crippen LogP contribution in [0.1, 0.15) is 40.6 Å². The Kier molecular flexibility index (Phi) is 5.99. The molecule has 0 aliphatic rings. The molecule has 0 aliphatic carbocycles. The monoisotopic (exact) mass is 426 g/mol. The lowest BCUT2D eigenvalue weighted by atomic mass is 10.1. The number of benzene rings is 1. The fourth-order valence-electron chi connectivity index (χ4n) is 3.11. The van der Waals surface area contributed by atoms with Crippen molar-refractivity contribution in [1.82, 2.24) is 4.57 Å². The maximum absolute atomic E-state index is 13.0. The molecule has 30 heavy (non-hydrogen) atoms. The van der Waals surface area contributed by atoms with Gasteiger partial charge in [-0.2, -0.15) is 5.26 Å². The van der Waals surface area contributed by atoms with Gasteiger partial charge < -0.3 is 9.73 Å². The number of aryl methyl sites for hydroxylation is 1. The molecule has 2 aromatic heterocycles. The zero-order valence-electron chi connectivity index (χ0n) is 16.9. The second kappa shape index (κ2) is 8.47. The van der Waals surface area contributed by atoms with E-state index in [1.165, 1.54) is 0 Å². The molecule has 0 spiro atoms. The van der Waals surface area contributed by atoms with E-state index in [2.05, 4.69) is 10.0 Å². The molecule has 1 aromatic carbocycles. The van der Waals surface area contributed by atoms with Gasteiger partial charge in [0.05, 0.1) is 11.4 Å². The number of nitrogens with zero attached hydrogens (tertiary/aromatic N) is 2. The topological polar surface area (TPSA) is 117 Å². The molecule has 0 unspecified atom stereocenters. The first kappa shape index (κ1) is 21.2. The Morgan fingerprint density at radius 3 is 2.47 bits per heavy atom. The summed E-state index contributed by atoms with van der Waals surface area (Å²) in [6.45, 7) is 5.10. The summed E-state index contributed by atoms with van der Waals surface area (Å²) in [7, 11) is -3.47. The minimum Gasteiger partial charge on any atom is -0.443 e. The first-order valence-corrected chi connectivity index (χ1v) is 11.0. The van der Waals surface area contributed by atoms with E-state index in [-0.39, 0.29) is 22.8 Å². The van der Waals surface area contributed by atoms with E-state index in [0.717, 1.165) is 0 Å². The van der Waals surface area contributed by atoms with Crippen LogP contribution in [0.5, 0.6) is 0 Å². The second-order valence-corrected chi connectivity index (χ2v) is 8.61. The highest BCUT2D eigenvalue weighted by molar-refractivity contribution is 7.92. The van der Waals surface area contributed by atoms with E-state index in [1.54, 1.807) is 68.1 Å². The predicted octanol–water partition coefficient (Wildman–Crippen LogP) is 3.96. The molecular formula is C21H22N4O4S. The van der Waals surface area contributed by atoms with Gasteiger partial charge >= 0.3 is 0 Å². The van der Waals surface area contributed by atoms with Crippen molar-refractivity contribution in [3.63, 3.8) is 0 Å². The largest absolute Gasteiger partial charge is 0.443 e. The van der Waals surface area contributed by atoms with Crippen LogP contribution < -0.4 is 10.0 Å². The summed E-state index contributed by atoms with van der Waals surface area (Å²) in [6, 6.07) is 10.6. The third-order valence-electron chi connectivity index (χ3n) is 4.56. The van der Waals surface area contributed by atoms with E-state index < -0.39 is 15.9 Å². The zero-order chi connectivity index (χ0) is 21.9. The molecule has 0 aliphatic heterocycles. The number of amides is 1. The van der Waals surface area contributed by atoms with Crippen molar-refractivity contribution in [3.8, 4) is 12.0 Å². The van der Waals surface area contributed by atoms with E-state index in [4.69, 9.17) is 4.42 Å². The van der Waals surface area contributed by atoms with Crippen LogP contribution in [0, 0.1) is 25.2 Å². The Bertz CT molecular complexity index is 1220. The van der Waals surface area contributed by atoms with Crippen LogP contribution in [-0.4, -0.2) is 24.6 Å². The highest BCUT2D eigenvalue weighted by atomic mass is 32.2. The molecule has 0 atom stereocenters. The molecular weight excluding hydrogens is 404 g/mol. The Balaban J connectivity index is 1.93. The van der Waals surface area contributed by atoms with Crippen molar-refractivity contribution in [1.29, 1.82) is 5.26 Å². The van der Waals surface area contributed by atoms with E-state index in [9.17, 15) is 18.5 Å². The molecule has 0 fully saturated rings. The van der Waals surface area contributed by atoms with Gasteiger partial charge in [-0.25, -0.2) is 8.42 Å². The minimum absolute atomic E-state index is 0.00490. The molecule has 3 aromatic rings. The number of furan rings is 1. The summed E-state index contributed by atoms with van der Waals surface area (Å²) >= 11 is 0. The molecule has 2 N–H and O–H groups in total. The summed E-state index contributed by atoms with van der Waals surface area (Å²) in [5.74, 6) is 0.0707. The van der Waals surface area contributed by atoms with Crippen LogP contribution in [0.4, 0.5) is 11.4 Å². The fourth-order valence-corrected chi connectivity index (χ4v) is 4.31. The third-order valence-corrected chi connectivity index (χ3v) is 6.04. The number of aromatic nitrogens is 1. The molecule has 0 saturated carbocycles. The molecule has 156 valence electrons. The quantitative estimate of drug-likeness (QED) is 0.593. The van der Waals surface area contributed by atoms with Crippen LogP contribution in [-0.2, 0) is 10.0 Å². The van der Waals surface area contributed by atoms with E-state index in [0.29, 0.717) is 29.1 Å². The van der Waals surface area contributed by atoms with Crippen LogP contribution in [0.2, 0.25) is 0 Å². The van der Waals surface area contributed by atoms with Gasteiger partial charge in [-0.05, 0) is 50.1 Å². The third kappa shape index (κ3) is 4.23. The SMILES string of the molecule is CCCS(=O)(=O)Nc1cccc(NC(=O)c2c(C)oc(-n3cccc3)c2C#N)c1C. The Morgan fingerprint density at radius 1 is 1.17 bits per heavy atom. The Hall–Kier alpha value is -3.51. The molecule has 1 amide bonds. The lowest BCUT2D eigenvalue weighted by molar-refractivity contribution is 0.102. The van der Waals surface area contributed by atoms with Crippen molar-refractivity contribution in [2.75, 3.05) is 15.8 Å². The van der Waals surface area contributed by atoms with Gasteiger partial charge in [0.15, 0.2) is 0 Å². The summed E-state index contributed by atoms with van der Waals surface area (Å²) in [6.07, 6.45) is 3.93. The standard InChI is InChI=1S/C21H22N4O4S/c1-4-12-30(27,28)24-18-9-7-8-17(14(18)2)23-20(26)19-15(3)29-21(16(19)13-22)25-10-5-6-11-25/h5-11,24H,4,12H2,1-3H3,(H,23,26). The number of hydrogen-bond acceptors (Lipinski definition) is 5. The number of anilines is 2. The first-order chi connectivity index (χ1) is 14.3. The van der Waals surface area contributed by atoms with Crippen LogP contribution in [0.25, 0.3) is 5.88 Å². The Labute approximate surface area is 175 Å². The van der Waals surface area contributed by atoms with Crippen molar-refractivity contribution in [2.24, 2.45) is 0 Å². The number of carbonyl (C=O) groups is 1. The van der Waals surface area contributed by atoms with Gasteiger partial charge in [0.2, 0.25) is 15.9 Å². The summed E-state index contributed by atoms with van der Waals surface area (Å²) in [4.78, 5) is 13.0. The van der Waals surface area contributed by atoms with Crippen LogP contribution in [0.15, 0.2) is 47.1 Å². The van der Waals surface area contributed by atoms with Crippen molar-refractivity contribution in [3.05, 3.63) is 65.2 Å². The zero-order valence-corrected chi connectivity index (χ0v) is 17.7. The fraction of sp³-hybridized carbons (Fsp3) is 0.238. The molecule has 0 bridgehead atoms. The van der Waals surface area contributed by atoms with Crippen LogP contribution in [0.3, 0.4) is 0 Å². The summed E-state index contributed by atoms with van der Waals surface area (Å²) in [5, 5.41) is 12.4. The van der Waals surface area contributed by atoms with E-state index >= 15 is 0 Å². The lowest BCUT2D eigenvalue weighted by Gasteiger charge is -2.14. The molecule has 2 heterocycles. The smallest absolute Gasteiger partial charge is 0.260 e. The average molecular weight is 426 g/mol. The van der Waals surface area contributed by atoms with Gasteiger partial charge in [-0.15, -0.1) is 0 Å². The van der Waals surface area contributed by atoms with Gasteiger partial charge in [-0.3, -0.25) is 14.1 Å². The van der Waals surface area contributed by atoms with Crippen molar-refractivity contribution in [2.45, 2.75) is 27.2 Å². The average Bonchev–Trinajstić information content (AvgIpc) is 3.31. The number of nitrogens with one attached hydrogen (secondary N) is 2. The minimum atomic E-state index is -3.47. The highest BCUT2D eigenvalue weighted by Gasteiger charge is 2.25. The number of sulfonamides is 1. The lowest BCUT2D eigenvalue weighted by Crippen LogP contribution is -2.18. The van der Waals surface area contributed by atoms with E-state index in [1.807, 2.05) is 6.07 Å². The molecule has 9 heteroatoms. The molecule has 8 nitrogen and oxygen atoms in total. The Morgan fingerprint density at radius 2 is 1.83 bits per heavy atom. The molecule has 0 saturated heterocycles. The molecule has 3 rings (SSSR count). The van der Waals surface area contributed by atoms with Crippen LogP contribution >= 0.6 is 0 Å².